The first-order valence-electron chi connectivity index (χ1n) is 7.72. The molecular formula is C16H24N2O. The molecule has 3 heteroatoms. The molecule has 0 aromatic rings. The Hall–Kier alpha value is -1.09. The smallest absolute Gasteiger partial charge is 0.231 e. The van der Waals surface area contributed by atoms with Crippen LogP contribution in [0.3, 0.4) is 0 Å². The van der Waals surface area contributed by atoms with Gasteiger partial charge in [-0.2, -0.15) is 0 Å². The van der Waals surface area contributed by atoms with E-state index in [0.29, 0.717) is 24.3 Å². The summed E-state index contributed by atoms with van der Waals surface area (Å²) in [6.45, 7) is 4.33. The van der Waals surface area contributed by atoms with E-state index in [9.17, 15) is 4.79 Å². The number of carbonyl (C=O) groups excluding carboxylic acids is 1. The summed E-state index contributed by atoms with van der Waals surface area (Å²) in [5.74, 6) is 0.970. The average Bonchev–Trinajstić information content (AvgIpc) is 2.75. The van der Waals surface area contributed by atoms with Gasteiger partial charge in [-0.25, -0.2) is 0 Å². The highest BCUT2D eigenvalue weighted by molar-refractivity contribution is 5.85. The summed E-state index contributed by atoms with van der Waals surface area (Å²) in [5.41, 5.74) is 2.63. The van der Waals surface area contributed by atoms with Crippen molar-refractivity contribution >= 4 is 5.91 Å². The first-order valence-corrected chi connectivity index (χ1v) is 7.72. The number of nitrogens with one attached hydrogen (secondary N) is 1. The summed E-state index contributed by atoms with van der Waals surface area (Å²) in [6, 6.07) is 0.440. The summed E-state index contributed by atoms with van der Waals surface area (Å²) >= 11 is 0. The molecule has 1 unspecified atom stereocenters. The highest BCUT2D eigenvalue weighted by Gasteiger charge is 2.36. The van der Waals surface area contributed by atoms with Gasteiger partial charge >= 0.3 is 0 Å². The van der Waals surface area contributed by atoms with Crippen molar-refractivity contribution in [1.82, 2.24) is 10.2 Å². The van der Waals surface area contributed by atoms with Gasteiger partial charge in [0, 0.05) is 11.7 Å². The number of allylic oxidation sites excluding steroid dienone is 3. The summed E-state index contributed by atoms with van der Waals surface area (Å²) in [7, 11) is 0. The molecule has 2 heterocycles. The van der Waals surface area contributed by atoms with Crippen LogP contribution in [-0.2, 0) is 4.79 Å². The molecule has 0 aromatic heterocycles. The van der Waals surface area contributed by atoms with Gasteiger partial charge in [-0.3, -0.25) is 4.79 Å². The van der Waals surface area contributed by atoms with Crippen LogP contribution >= 0.6 is 0 Å². The third kappa shape index (κ3) is 2.48. The monoisotopic (exact) mass is 260 g/mol. The van der Waals surface area contributed by atoms with Crippen LogP contribution in [0.25, 0.3) is 0 Å². The Morgan fingerprint density at radius 2 is 2.16 bits per heavy atom. The van der Waals surface area contributed by atoms with Crippen molar-refractivity contribution in [2.24, 2.45) is 5.92 Å². The lowest BCUT2D eigenvalue weighted by Gasteiger charge is -2.35. The maximum Gasteiger partial charge on any atom is 0.231 e. The van der Waals surface area contributed by atoms with Crippen molar-refractivity contribution in [2.75, 3.05) is 13.1 Å². The number of hydrogen-bond acceptors (Lipinski definition) is 2. The molecule has 0 saturated carbocycles. The first-order chi connectivity index (χ1) is 9.29. The van der Waals surface area contributed by atoms with Gasteiger partial charge in [0.05, 0.1) is 6.42 Å². The van der Waals surface area contributed by atoms with Crippen molar-refractivity contribution in [3.8, 4) is 0 Å². The predicted molar refractivity (Wildman–Crippen MR) is 76.5 cm³/mol. The first kappa shape index (κ1) is 12.9. The van der Waals surface area contributed by atoms with E-state index < -0.39 is 0 Å². The highest BCUT2D eigenvalue weighted by atomic mass is 16.2. The van der Waals surface area contributed by atoms with Crippen LogP contribution in [0, 0.1) is 5.92 Å². The van der Waals surface area contributed by atoms with Gasteiger partial charge in [-0.15, -0.1) is 0 Å². The Labute approximate surface area is 115 Å². The SMILES string of the molecule is CCCC1C=CC2=C(C1)N(C1CCNCC1)C(=O)C2. The van der Waals surface area contributed by atoms with Crippen molar-refractivity contribution in [1.29, 1.82) is 0 Å². The molecule has 1 amide bonds. The van der Waals surface area contributed by atoms with Crippen LogP contribution in [0.15, 0.2) is 23.4 Å². The number of amides is 1. The van der Waals surface area contributed by atoms with Crippen molar-refractivity contribution in [3.63, 3.8) is 0 Å². The van der Waals surface area contributed by atoms with Crippen LogP contribution in [-0.4, -0.2) is 29.9 Å². The Morgan fingerprint density at radius 3 is 2.89 bits per heavy atom. The van der Waals surface area contributed by atoms with Gasteiger partial charge in [0.2, 0.25) is 5.91 Å². The van der Waals surface area contributed by atoms with E-state index in [1.54, 1.807) is 0 Å². The summed E-state index contributed by atoms with van der Waals surface area (Å²) in [5, 5.41) is 3.39. The summed E-state index contributed by atoms with van der Waals surface area (Å²) in [4.78, 5) is 14.5. The molecule has 3 aliphatic rings. The fraction of sp³-hybridized carbons (Fsp3) is 0.688. The molecule has 104 valence electrons. The molecule has 1 saturated heterocycles. The molecule has 0 radical (unpaired) electrons. The quantitative estimate of drug-likeness (QED) is 0.846. The minimum Gasteiger partial charge on any atom is -0.317 e. The zero-order valence-corrected chi connectivity index (χ0v) is 11.8. The average molecular weight is 260 g/mol. The minimum absolute atomic E-state index is 0.332. The Balaban J connectivity index is 1.78. The van der Waals surface area contributed by atoms with Gasteiger partial charge in [0.25, 0.3) is 0 Å². The van der Waals surface area contributed by atoms with E-state index in [0.717, 1.165) is 32.4 Å². The van der Waals surface area contributed by atoms with Crippen molar-refractivity contribution < 1.29 is 4.79 Å². The van der Waals surface area contributed by atoms with Gasteiger partial charge in [0.15, 0.2) is 0 Å². The maximum atomic E-state index is 12.3. The normalized spacial score (nSPS) is 28.2. The largest absolute Gasteiger partial charge is 0.317 e. The summed E-state index contributed by atoms with van der Waals surface area (Å²) < 4.78 is 0. The Kier molecular flexibility index (Phi) is 3.74. The van der Waals surface area contributed by atoms with Gasteiger partial charge in [-0.1, -0.05) is 25.5 Å². The lowest BCUT2D eigenvalue weighted by Crippen LogP contribution is -2.43. The highest BCUT2D eigenvalue weighted by Crippen LogP contribution is 2.38. The fourth-order valence-electron chi connectivity index (χ4n) is 3.67. The number of carbonyl (C=O) groups is 1. The molecule has 0 bridgehead atoms. The zero-order valence-electron chi connectivity index (χ0n) is 11.8. The fourth-order valence-corrected chi connectivity index (χ4v) is 3.67. The van der Waals surface area contributed by atoms with Crippen LogP contribution in [0.5, 0.6) is 0 Å². The van der Waals surface area contributed by atoms with E-state index >= 15 is 0 Å². The molecule has 1 aliphatic carbocycles. The van der Waals surface area contributed by atoms with Crippen molar-refractivity contribution in [2.45, 2.75) is 51.5 Å². The molecule has 3 rings (SSSR count). The molecule has 1 fully saturated rings. The van der Waals surface area contributed by atoms with E-state index in [2.05, 4.69) is 29.3 Å². The second-order valence-electron chi connectivity index (χ2n) is 6.01. The number of rotatable bonds is 3. The van der Waals surface area contributed by atoms with Crippen LogP contribution in [0.1, 0.15) is 45.4 Å². The van der Waals surface area contributed by atoms with Crippen LogP contribution in [0.4, 0.5) is 0 Å². The minimum atomic E-state index is 0.332. The lowest BCUT2D eigenvalue weighted by atomic mass is 9.90. The molecule has 0 spiro atoms. The lowest BCUT2D eigenvalue weighted by molar-refractivity contribution is -0.129. The van der Waals surface area contributed by atoms with Crippen LogP contribution < -0.4 is 5.32 Å². The number of nitrogens with zero attached hydrogens (tertiary/aromatic N) is 1. The molecule has 1 atom stereocenters. The Morgan fingerprint density at radius 1 is 1.37 bits per heavy atom. The number of hydrogen-bond donors (Lipinski definition) is 1. The predicted octanol–water partition coefficient (Wildman–Crippen LogP) is 2.60. The molecule has 0 aromatic carbocycles. The molecule has 19 heavy (non-hydrogen) atoms. The van der Waals surface area contributed by atoms with E-state index in [1.807, 2.05) is 0 Å². The Bertz CT molecular complexity index is 418. The number of piperidine rings is 1. The molecule has 3 nitrogen and oxygen atoms in total. The second kappa shape index (κ2) is 5.49. The standard InChI is InChI=1S/C16H24N2O/c1-2-3-12-4-5-13-11-16(19)18(15(13)10-12)14-6-8-17-9-7-14/h4-5,12,14,17H,2-3,6-11H2,1H3. The van der Waals surface area contributed by atoms with Gasteiger partial charge in [0.1, 0.15) is 0 Å². The third-order valence-corrected chi connectivity index (χ3v) is 4.63. The molecule has 2 aliphatic heterocycles. The van der Waals surface area contributed by atoms with E-state index in [4.69, 9.17) is 0 Å². The molecular weight excluding hydrogens is 236 g/mol. The van der Waals surface area contributed by atoms with E-state index in [1.165, 1.54) is 24.1 Å². The van der Waals surface area contributed by atoms with Crippen molar-refractivity contribution in [3.05, 3.63) is 23.4 Å². The third-order valence-electron chi connectivity index (χ3n) is 4.63. The topological polar surface area (TPSA) is 32.3 Å². The summed E-state index contributed by atoms with van der Waals surface area (Å²) in [6.07, 6.45) is 10.9. The second-order valence-corrected chi connectivity index (χ2v) is 6.01. The zero-order chi connectivity index (χ0) is 13.2. The van der Waals surface area contributed by atoms with Gasteiger partial charge < -0.3 is 10.2 Å². The van der Waals surface area contributed by atoms with E-state index in [-0.39, 0.29) is 0 Å². The molecule has 1 N–H and O–H groups in total. The van der Waals surface area contributed by atoms with Crippen LogP contribution in [0.2, 0.25) is 0 Å². The van der Waals surface area contributed by atoms with Gasteiger partial charge in [-0.05, 0) is 50.3 Å². The maximum absolute atomic E-state index is 12.3.